The Morgan fingerprint density at radius 1 is 1.21 bits per heavy atom. The summed E-state index contributed by atoms with van der Waals surface area (Å²) in [7, 11) is 0. The van der Waals surface area contributed by atoms with E-state index in [1.54, 1.807) is 17.0 Å². The first-order valence-electron chi connectivity index (χ1n) is 9.32. The molecule has 4 rings (SSSR count). The molecule has 29 heavy (non-hydrogen) atoms. The van der Waals surface area contributed by atoms with Crippen molar-refractivity contribution in [3.8, 4) is 11.3 Å². The summed E-state index contributed by atoms with van der Waals surface area (Å²) < 4.78 is 5.80. The minimum Gasteiger partial charge on any atom is -0.457 e. The van der Waals surface area contributed by atoms with E-state index in [0.29, 0.717) is 29.6 Å². The largest absolute Gasteiger partial charge is 0.457 e. The van der Waals surface area contributed by atoms with Gasteiger partial charge in [-0.25, -0.2) is 0 Å². The first kappa shape index (κ1) is 19.8. The van der Waals surface area contributed by atoms with Gasteiger partial charge in [0.1, 0.15) is 18.1 Å². The summed E-state index contributed by atoms with van der Waals surface area (Å²) in [6.07, 6.45) is 3.45. The summed E-state index contributed by atoms with van der Waals surface area (Å²) in [5.41, 5.74) is 1.80. The van der Waals surface area contributed by atoms with Crippen LogP contribution < -0.4 is 0 Å². The third-order valence-electron chi connectivity index (χ3n) is 4.98. The first-order valence-corrected chi connectivity index (χ1v) is 10.5. The van der Waals surface area contributed by atoms with Crippen molar-refractivity contribution in [1.29, 1.82) is 0 Å². The third kappa shape index (κ3) is 4.11. The number of halogens is 1. The topological polar surface area (TPSA) is 70.8 Å². The molecule has 2 aliphatic heterocycles. The quantitative estimate of drug-likeness (QED) is 0.664. The Labute approximate surface area is 177 Å². The Kier molecular flexibility index (Phi) is 5.52. The first-order chi connectivity index (χ1) is 13.9. The van der Waals surface area contributed by atoms with Crippen molar-refractivity contribution in [2.45, 2.75) is 19.8 Å². The van der Waals surface area contributed by atoms with E-state index in [1.165, 1.54) is 6.08 Å². The molecule has 0 unspecified atom stereocenters. The highest BCUT2D eigenvalue weighted by atomic mass is 35.5. The van der Waals surface area contributed by atoms with Crippen molar-refractivity contribution in [2.24, 2.45) is 0 Å². The lowest BCUT2D eigenvalue weighted by atomic mass is 10.1. The van der Waals surface area contributed by atoms with Gasteiger partial charge in [-0.15, -0.1) is 0 Å². The molecule has 0 N–H and O–H groups in total. The van der Waals surface area contributed by atoms with Crippen LogP contribution in [0.4, 0.5) is 4.79 Å². The molecule has 1 aromatic heterocycles. The summed E-state index contributed by atoms with van der Waals surface area (Å²) in [4.78, 5) is 40.1. The molecule has 3 heterocycles. The Balaban J connectivity index is 1.49. The Hall–Kier alpha value is -2.51. The number of aryl methyl sites for hydroxylation is 1. The molecule has 150 valence electrons. The van der Waals surface area contributed by atoms with Gasteiger partial charge in [-0.05, 0) is 55.3 Å². The second-order valence-corrected chi connectivity index (χ2v) is 8.42. The molecule has 0 spiro atoms. The number of hydrogen-bond donors (Lipinski definition) is 0. The van der Waals surface area contributed by atoms with Gasteiger partial charge in [0.05, 0.1) is 4.91 Å². The lowest BCUT2D eigenvalue weighted by Gasteiger charge is -2.18. The second kappa shape index (κ2) is 8.08. The number of carbonyl (C=O) groups is 3. The van der Waals surface area contributed by atoms with Gasteiger partial charge in [0.25, 0.3) is 11.1 Å². The molecule has 1 aromatic carbocycles. The zero-order valence-electron chi connectivity index (χ0n) is 15.8. The number of benzene rings is 1. The SMILES string of the molecule is Cc1ccc(-c2ccc(/C=C3\SC(=O)N(CC(=O)N4CCCC4)C3=O)o2)cc1Cl. The van der Waals surface area contributed by atoms with Gasteiger partial charge >= 0.3 is 0 Å². The number of hydrogen-bond acceptors (Lipinski definition) is 5. The number of nitrogens with zero attached hydrogens (tertiary/aromatic N) is 2. The van der Waals surface area contributed by atoms with Crippen LogP contribution in [0.25, 0.3) is 17.4 Å². The second-order valence-electron chi connectivity index (χ2n) is 7.02. The predicted molar refractivity (Wildman–Crippen MR) is 112 cm³/mol. The molecular formula is C21H19ClN2O4S. The summed E-state index contributed by atoms with van der Waals surface area (Å²) in [5, 5.41) is 0.204. The number of imide groups is 1. The molecule has 0 atom stereocenters. The van der Waals surface area contributed by atoms with Crippen LogP contribution in [-0.2, 0) is 9.59 Å². The highest BCUT2D eigenvalue weighted by Crippen LogP contribution is 2.34. The Morgan fingerprint density at radius 3 is 2.69 bits per heavy atom. The van der Waals surface area contributed by atoms with Crippen molar-refractivity contribution in [1.82, 2.24) is 9.80 Å². The average molecular weight is 431 g/mol. The molecular weight excluding hydrogens is 412 g/mol. The van der Waals surface area contributed by atoms with Crippen molar-refractivity contribution in [3.63, 3.8) is 0 Å². The number of furan rings is 1. The fourth-order valence-electron chi connectivity index (χ4n) is 3.30. The van der Waals surface area contributed by atoms with E-state index in [-0.39, 0.29) is 17.4 Å². The highest BCUT2D eigenvalue weighted by Gasteiger charge is 2.37. The maximum atomic E-state index is 12.6. The summed E-state index contributed by atoms with van der Waals surface area (Å²) >= 11 is 6.99. The zero-order chi connectivity index (χ0) is 20.5. The van der Waals surface area contributed by atoms with Crippen molar-refractivity contribution >= 4 is 46.5 Å². The monoisotopic (exact) mass is 430 g/mol. The molecule has 8 heteroatoms. The molecule has 0 bridgehead atoms. The van der Waals surface area contributed by atoms with Crippen molar-refractivity contribution < 1.29 is 18.8 Å². The molecule has 0 saturated carbocycles. The fourth-order valence-corrected chi connectivity index (χ4v) is 4.30. The van der Waals surface area contributed by atoms with Gasteiger partial charge in [0.2, 0.25) is 5.91 Å². The van der Waals surface area contributed by atoms with Gasteiger partial charge in [-0.2, -0.15) is 0 Å². The maximum Gasteiger partial charge on any atom is 0.294 e. The molecule has 6 nitrogen and oxygen atoms in total. The summed E-state index contributed by atoms with van der Waals surface area (Å²) in [5.74, 6) is 0.404. The van der Waals surface area contributed by atoms with Gasteiger partial charge in [-0.1, -0.05) is 23.7 Å². The lowest BCUT2D eigenvalue weighted by Crippen LogP contribution is -2.40. The Morgan fingerprint density at radius 2 is 1.97 bits per heavy atom. The normalized spacial score (nSPS) is 18.3. The minimum absolute atomic E-state index is 0.192. The molecule has 2 aromatic rings. The van der Waals surface area contributed by atoms with E-state index < -0.39 is 11.1 Å². The number of amides is 3. The van der Waals surface area contributed by atoms with Gasteiger partial charge in [0.15, 0.2) is 0 Å². The van der Waals surface area contributed by atoms with E-state index in [0.717, 1.165) is 40.6 Å². The van der Waals surface area contributed by atoms with Crippen LogP contribution in [0.2, 0.25) is 5.02 Å². The van der Waals surface area contributed by atoms with Crippen LogP contribution in [0, 0.1) is 6.92 Å². The van der Waals surface area contributed by atoms with Gasteiger partial charge in [-0.3, -0.25) is 19.3 Å². The molecule has 0 aliphatic carbocycles. The molecule has 2 saturated heterocycles. The fraction of sp³-hybridized carbons (Fsp3) is 0.286. The van der Waals surface area contributed by atoms with Crippen LogP contribution in [0.3, 0.4) is 0 Å². The molecule has 3 amide bonds. The van der Waals surface area contributed by atoms with E-state index >= 15 is 0 Å². The van der Waals surface area contributed by atoms with Crippen LogP contribution in [0.1, 0.15) is 24.2 Å². The standard InChI is InChI=1S/C21H19ClN2O4S/c1-13-4-5-14(10-16(13)22)17-7-6-15(28-17)11-18-20(26)24(21(27)29-18)12-19(25)23-8-2-3-9-23/h4-7,10-11H,2-3,8-9,12H2,1H3/b18-11-. The van der Waals surface area contributed by atoms with Crippen LogP contribution >= 0.6 is 23.4 Å². The Bertz CT molecular complexity index is 1020. The highest BCUT2D eigenvalue weighted by molar-refractivity contribution is 8.18. The maximum absolute atomic E-state index is 12.6. The smallest absolute Gasteiger partial charge is 0.294 e. The third-order valence-corrected chi connectivity index (χ3v) is 6.30. The van der Waals surface area contributed by atoms with E-state index in [9.17, 15) is 14.4 Å². The lowest BCUT2D eigenvalue weighted by molar-refractivity contribution is -0.135. The van der Waals surface area contributed by atoms with E-state index in [4.69, 9.17) is 16.0 Å². The number of rotatable bonds is 4. The van der Waals surface area contributed by atoms with E-state index in [2.05, 4.69) is 0 Å². The van der Waals surface area contributed by atoms with Crippen LogP contribution in [-0.4, -0.2) is 46.5 Å². The molecule has 0 radical (unpaired) electrons. The van der Waals surface area contributed by atoms with Crippen LogP contribution in [0.15, 0.2) is 39.7 Å². The number of likely N-dealkylation sites (tertiary alicyclic amines) is 1. The zero-order valence-corrected chi connectivity index (χ0v) is 17.4. The van der Waals surface area contributed by atoms with Crippen molar-refractivity contribution in [3.05, 3.63) is 51.6 Å². The summed E-state index contributed by atoms with van der Waals surface area (Å²) in [6, 6.07) is 9.14. The van der Waals surface area contributed by atoms with Crippen LogP contribution in [0.5, 0.6) is 0 Å². The van der Waals surface area contributed by atoms with Crippen molar-refractivity contribution in [2.75, 3.05) is 19.6 Å². The number of carbonyl (C=O) groups excluding carboxylic acids is 3. The molecule has 2 fully saturated rings. The molecule has 2 aliphatic rings. The minimum atomic E-state index is -0.469. The predicted octanol–water partition coefficient (Wildman–Crippen LogP) is 4.57. The number of thioether (sulfide) groups is 1. The van der Waals surface area contributed by atoms with Gasteiger partial charge < -0.3 is 9.32 Å². The van der Waals surface area contributed by atoms with Gasteiger partial charge in [0, 0.05) is 29.8 Å². The summed E-state index contributed by atoms with van der Waals surface area (Å²) in [6.45, 7) is 3.07. The van der Waals surface area contributed by atoms with E-state index in [1.807, 2.05) is 25.1 Å². The average Bonchev–Trinajstić information content (AvgIpc) is 3.43.